The second-order valence-corrected chi connectivity index (χ2v) is 8.02. The van der Waals surface area contributed by atoms with E-state index in [-0.39, 0.29) is 12.0 Å². The van der Waals surface area contributed by atoms with E-state index in [1.807, 2.05) is 48.3 Å². The summed E-state index contributed by atoms with van der Waals surface area (Å²) in [6.07, 6.45) is 3.83. The number of amides is 1. The van der Waals surface area contributed by atoms with E-state index in [4.69, 9.17) is 4.74 Å². The number of carbonyl (C=O) groups is 1. The van der Waals surface area contributed by atoms with Gasteiger partial charge in [-0.15, -0.1) is 0 Å². The number of fused-ring (bicyclic) bond motifs is 1. The Morgan fingerprint density at radius 3 is 2.87 bits per heavy atom. The summed E-state index contributed by atoms with van der Waals surface area (Å²) in [5, 5.41) is 7.42. The first-order chi connectivity index (χ1) is 14.5. The van der Waals surface area contributed by atoms with Crippen LogP contribution in [0.5, 0.6) is 5.75 Å². The molecule has 0 unspecified atom stereocenters. The Labute approximate surface area is 177 Å². The maximum atomic E-state index is 12.6. The largest absolute Gasteiger partial charge is 0.489 e. The van der Waals surface area contributed by atoms with Gasteiger partial charge in [0.1, 0.15) is 11.9 Å². The van der Waals surface area contributed by atoms with Gasteiger partial charge < -0.3 is 10.1 Å². The Balaban J connectivity index is 1.30. The lowest BCUT2D eigenvalue weighted by molar-refractivity contribution is -0.122. The number of ether oxygens (including phenoxy) is 1. The van der Waals surface area contributed by atoms with E-state index in [0.29, 0.717) is 19.6 Å². The molecule has 0 saturated heterocycles. The van der Waals surface area contributed by atoms with Gasteiger partial charge in [0.25, 0.3) is 0 Å². The van der Waals surface area contributed by atoms with Crippen molar-refractivity contribution in [1.29, 1.82) is 0 Å². The molecule has 1 atom stereocenters. The van der Waals surface area contributed by atoms with E-state index in [2.05, 4.69) is 46.5 Å². The fraction of sp³-hybridized carbons (Fsp3) is 0.333. The van der Waals surface area contributed by atoms with Crippen LogP contribution in [0.4, 0.5) is 0 Å². The molecule has 6 nitrogen and oxygen atoms in total. The molecule has 0 spiro atoms. The molecule has 0 radical (unpaired) electrons. The van der Waals surface area contributed by atoms with Crippen molar-refractivity contribution < 1.29 is 9.53 Å². The van der Waals surface area contributed by atoms with Gasteiger partial charge in [0, 0.05) is 37.0 Å². The molecule has 1 amide bonds. The summed E-state index contributed by atoms with van der Waals surface area (Å²) in [5.74, 6) is 0.927. The van der Waals surface area contributed by atoms with Crippen molar-refractivity contribution in [2.45, 2.75) is 39.6 Å². The van der Waals surface area contributed by atoms with E-state index < -0.39 is 0 Å². The molecule has 1 aromatic heterocycles. The number of nitrogens with one attached hydrogen (secondary N) is 1. The number of nitrogens with zero attached hydrogens (tertiary/aromatic N) is 3. The first kappa shape index (κ1) is 20.2. The van der Waals surface area contributed by atoms with Crippen LogP contribution in [0.25, 0.3) is 0 Å². The molecule has 6 heteroatoms. The lowest BCUT2D eigenvalue weighted by Gasteiger charge is -2.21. The molecule has 2 aromatic carbocycles. The zero-order valence-corrected chi connectivity index (χ0v) is 17.5. The molecule has 2 heterocycles. The highest BCUT2D eigenvalue weighted by Gasteiger charge is 2.21. The molecular formula is C24H28N4O2. The number of rotatable bonds is 6. The van der Waals surface area contributed by atoms with Gasteiger partial charge in [-0.2, -0.15) is 5.10 Å². The maximum absolute atomic E-state index is 12.6. The van der Waals surface area contributed by atoms with Gasteiger partial charge in [-0.25, -0.2) is 0 Å². The number of aryl methyl sites for hydroxylation is 1. The molecule has 4 rings (SSSR count). The molecule has 0 aliphatic carbocycles. The van der Waals surface area contributed by atoms with Gasteiger partial charge in [-0.05, 0) is 25.5 Å². The van der Waals surface area contributed by atoms with Crippen molar-refractivity contribution in [3.05, 3.63) is 83.2 Å². The van der Waals surface area contributed by atoms with Gasteiger partial charge in [0.15, 0.2) is 0 Å². The summed E-state index contributed by atoms with van der Waals surface area (Å²) in [5.41, 5.74) is 4.52. The minimum atomic E-state index is 0.00844. The van der Waals surface area contributed by atoms with Gasteiger partial charge >= 0.3 is 0 Å². The molecule has 1 N–H and O–H groups in total. The number of hydrogen-bond acceptors (Lipinski definition) is 4. The van der Waals surface area contributed by atoms with E-state index in [1.165, 1.54) is 11.1 Å². The fourth-order valence-corrected chi connectivity index (χ4v) is 3.80. The van der Waals surface area contributed by atoms with Crippen LogP contribution in [0.2, 0.25) is 0 Å². The van der Waals surface area contributed by atoms with Crippen LogP contribution >= 0.6 is 0 Å². The SMILES string of the molecule is Cc1ccc2c(c1)CN(CC(=O)NCc1cnn(Cc3ccccc3)c1)C[C@H](C)O2. The Morgan fingerprint density at radius 2 is 2.03 bits per heavy atom. The Bertz CT molecular complexity index is 999. The average molecular weight is 405 g/mol. The van der Waals surface area contributed by atoms with Crippen LogP contribution in [0.3, 0.4) is 0 Å². The summed E-state index contributed by atoms with van der Waals surface area (Å²) in [6, 6.07) is 16.4. The quantitative estimate of drug-likeness (QED) is 0.686. The number of carbonyl (C=O) groups excluding carboxylic acids is 1. The highest BCUT2D eigenvalue weighted by atomic mass is 16.5. The van der Waals surface area contributed by atoms with Gasteiger partial charge in [0.05, 0.1) is 19.3 Å². The average Bonchev–Trinajstić information content (AvgIpc) is 3.10. The van der Waals surface area contributed by atoms with Crippen LogP contribution in [-0.4, -0.2) is 39.8 Å². The summed E-state index contributed by atoms with van der Waals surface area (Å²) in [7, 11) is 0. The molecule has 3 aromatic rings. The van der Waals surface area contributed by atoms with Crippen LogP contribution in [-0.2, 0) is 24.4 Å². The molecule has 30 heavy (non-hydrogen) atoms. The van der Waals surface area contributed by atoms with Crippen molar-refractivity contribution in [2.75, 3.05) is 13.1 Å². The monoisotopic (exact) mass is 404 g/mol. The number of aromatic nitrogens is 2. The third-order valence-corrected chi connectivity index (χ3v) is 5.18. The van der Waals surface area contributed by atoms with E-state index in [0.717, 1.165) is 30.0 Å². The molecule has 0 bridgehead atoms. The highest BCUT2D eigenvalue weighted by Crippen LogP contribution is 2.26. The fourth-order valence-electron chi connectivity index (χ4n) is 3.80. The standard InChI is InChI=1S/C24H28N4O2/c1-18-8-9-23-22(10-18)16-27(13-19(2)30-23)17-24(29)25-11-21-12-26-28(15-21)14-20-6-4-3-5-7-20/h3-10,12,15,19H,11,13-14,16-17H2,1-2H3,(H,25,29)/t19-/m0/s1. The predicted molar refractivity (Wildman–Crippen MR) is 116 cm³/mol. The lowest BCUT2D eigenvalue weighted by Crippen LogP contribution is -2.39. The highest BCUT2D eigenvalue weighted by molar-refractivity contribution is 5.78. The van der Waals surface area contributed by atoms with Gasteiger partial charge in [0.2, 0.25) is 5.91 Å². The van der Waals surface area contributed by atoms with Crippen LogP contribution in [0.15, 0.2) is 60.9 Å². The van der Waals surface area contributed by atoms with Crippen molar-refractivity contribution >= 4 is 5.91 Å². The Morgan fingerprint density at radius 1 is 1.20 bits per heavy atom. The van der Waals surface area contributed by atoms with Crippen molar-refractivity contribution in [3.63, 3.8) is 0 Å². The zero-order chi connectivity index (χ0) is 20.9. The molecule has 0 saturated carbocycles. The molecule has 1 aliphatic rings. The van der Waals surface area contributed by atoms with Crippen LogP contribution < -0.4 is 10.1 Å². The van der Waals surface area contributed by atoms with E-state index in [1.54, 1.807) is 0 Å². The number of benzene rings is 2. The van der Waals surface area contributed by atoms with Gasteiger partial charge in [-0.3, -0.25) is 14.4 Å². The minimum absolute atomic E-state index is 0.00844. The topological polar surface area (TPSA) is 59.4 Å². The predicted octanol–water partition coefficient (Wildman–Crippen LogP) is 3.14. The third kappa shape index (κ3) is 5.27. The normalized spacial score (nSPS) is 16.4. The van der Waals surface area contributed by atoms with Crippen LogP contribution in [0.1, 0.15) is 29.2 Å². The maximum Gasteiger partial charge on any atom is 0.234 e. The molecule has 1 aliphatic heterocycles. The minimum Gasteiger partial charge on any atom is -0.489 e. The van der Waals surface area contributed by atoms with Crippen molar-refractivity contribution in [1.82, 2.24) is 20.0 Å². The zero-order valence-electron chi connectivity index (χ0n) is 17.5. The Kier molecular flexibility index (Phi) is 6.14. The molecular weight excluding hydrogens is 376 g/mol. The first-order valence-corrected chi connectivity index (χ1v) is 10.4. The summed E-state index contributed by atoms with van der Waals surface area (Å²) in [4.78, 5) is 14.7. The Hall–Kier alpha value is -3.12. The lowest BCUT2D eigenvalue weighted by atomic mass is 10.1. The van der Waals surface area contributed by atoms with E-state index >= 15 is 0 Å². The molecule has 0 fully saturated rings. The van der Waals surface area contributed by atoms with Crippen molar-refractivity contribution in [2.24, 2.45) is 0 Å². The smallest absolute Gasteiger partial charge is 0.234 e. The second-order valence-electron chi connectivity index (χ2n) is 8.02. The van der Waals surface area contributed by atoms with E-state index in [9.17, 15) is 4.79 Å². The second kappa shape index (κ2) is 9.13. The first-order valence-electron chi connectivity index (χ1n) is 10.4. The van der Waals surface area contributed by atoms with Crippen LogP contribution in [0, 0.1) is 6.92 Å². The van der Waals surface area contributed by atoms with Gasteiger partial charge in [-0.1, -0.05) is 48.0 Å². The summed E-state index contributed by atoms with van der Waals surface area (Å²) >= 11 is 0. The van der Waals surface area contributed by atoms with Crippen molar-refractivity contribution in [3.8, 4) is 5.75 Å². The third-order valence-electron chi connectivity index (χ3n) is 5.18. The summed E-state index contributed by atoms with van der Waals surface area (Å²) in [6.45, 7) is 7.09. The molecule has 156 valence electrons. The number of hydrogen-bond donors (Lipinski definition) is 1. The summed E-state index contributed by atoms with van der Waals surface area (Å²) < 4.78 is 7.91.